The first-order chi connectivity index (χ1) is 10.1. The Balaban J connectivity index is 2.02. The Hall–Kier alpha value is -2.95. The third kappa shape index (κ3) is 4.58. The van der Waals surface area contributed by atoms with Gasteiger partial charge in [-0.1, -0.05) is 36.4 Å². The summed E-state index contributed by atoms with van der Waals surface area (Å²) in [5.41, 5.74) is 7.50. The number of pyridine rings is 1. The smallest absolute Gasteiger partial charge is 0.244 e. The van der Waals surface area contributed by atoms with Gasteiger partial charge in [-0.3, -0.25) is 14.6 Å². The van der Waals surface area contributed by atoms with Crippen molar-refractivity contribution in [1.29, 1.82) is 0 Å². The molecular formula is C16H15N3O2. The van der Waals surface area contributed by atoms with Crippen LogP contribution in [-0.4, -0.2) is 16.8 Å². The van der Waals surface area contributed by atoms with Crippen molar-refractivity contribution in [2.75, 3.05) is 0 Å². The van der Waals surface area contributed by atoms with Gasteiger partial charge in [-0.15, -0.1) is 0 Å². The zero-order valence-electron chi connectivity index (χ0n) is 11.3. The quantitative estimate of drug-likeness (QED) is 0.812. The number of amides is 2. The lowest BCUT2D eigenvalue weighted by Crippen LogP contribution is -2.21. The fourth-order valence-corrected chi connectivity index (χ4v) is 1.74. The summed E-state index contributed by atoms with van der Waals surface area (Å²) in [6, 6.07) is 15.4. The van der Waals surface area contributed by atoms with Gasteiger partial charge < -0.3 is 11.1 Å². The van der Waals surface area contributed by atoms with E-state index in [1.54, 1.807) is 0 Å². The minimum atomic E-state index is -0.658. The van der Waals surface area contributed by atoms with Crippen molar-refractivity contribution in [1.82, 2.24) is 10.3 Å². The molecule has 0 saturated carbocycles. The summed E-state index contributed by atoms with van der Waals surface area (Å²) in [7, 11) is 0. The van der Waals surface area contributed by atoms with Crippen molar-refractivity contribution in [3.8, 4) is 11.3 Å². The minimum Gasteiger partial charge on any atom is -0.366 e. The standard InChI is InChI=1S/C16H15N3O2/c17-15(20)9-10-16(21)18-11-13-7-4-8-14(19-13)12-5-2-1-3-6-12/h1-10H,11H2,(H2,17,20)(H,18,21). The van der Waals surface area contributed by atoms with Gasteiger partial charge in [-0.25, -0.2) is 0 Å². The molecule has 1 heterocycles. The van der Waals surface area contributed by atoms with E-state index in [9.17, 15) is 9.59 Å². The second-order valence-corrected chi connectivity index (χ2v) is 4.33. The van der Waals surface area contributed by atoms with Crippen LogP contribution < -0.4 is 11.1 Å². The predicted octanol–water partition coefficient (Wildman–Crippen LogP) is 1.41. The lowest BCUT2D eigenvalue weighted by atomic mass is 10.1. The Morgan fingerprint density at radius 3 is 2.52 bits per heavy atom. The van der Waals surface area contributed by atoms with Gasteiger partial charge >= 0.3 is 0 Å². The number of rotatable bonds is 5. The minimum absolute atomic E-state index is 0.280. The second-order valence-electron chi connectivity index (χ2n) is 4.33. The fraction of sp³-hybridized carbons (Fsp3) is 0.0625. The van der Waals surface area contributed by atoms with Crippen LogP contribution in [-0.2, 0) is 16.1 Å². The Morgan fingerprint density at radius 1 is 1.05 bits per heavy atom. The Kier molecular flexibility index (Phi) is 4.82. The van der Waals surface area contributed by atoms with Gasteiger partial charge in [0.1, 0.15) is 0 Å². The monoisotopic (exact) mass is 281 g/mol. The van der Waals surface area contributed by atoms with Gasteiger partial charge in [0.2, 0.25) is 11.8 Å². The van der Waals surface area contributed by atoms with Crippen molar-refractivity contribution >= 4 is 11.8 Å². The molecule has 2 aromatic rings. The van der Waals surface area contributed by atoms with E-state index in [1.165, 1.54) is 0 Å². The van der Waals surface area contributed by atoms with Crippen molar-refractivity contribution in [3.63, 3.8) is 0 Å². The SMILES string of the molecule is NC(=O)C=CC(=O)NCc1cccc(-c2ccccc2)n1. The van der Waals surface area contributed by atoms with Gasteiger partial charge in [0.25, 0.3) is 0 Å². The number of benzene rings is 1. The van der Waals surface area contributed by atoms with Crippen LogP contribution >= 0.6 is 0 Å². The van der Waals surface area contributed by atoms with Crippen LogP contribution in [0.3, 0.4) is 0 Å². The van der Waals surface area contributed by atoms with Crippen LogP contribution in [0.15, 0.2) is 60.7 Å². The average Bonchev–Trinajstić information content (AvgIpc) is 2.52. The highest BCUT2D eigenvalue weighted by atomic mass is 16.2. The molecule has 0 atom stereocenters. The van der Waals surface area contributed by atoms with Crippen molar-refractivity contribution in [3.05, 3.63) is 66.4 Å². The van der Waals surface area contributed by atoms with Crippen LogP contribution in [0.25, 0.3) is 11.3 Å². The Labute approximate surface area is 122 Å². The molecule has 0 aliphatic heterocycles. The molecule has 21 heavy (non-hydrogen) atoms. The van der Waals surface area contributed by atoms with Gasteiger partial charge in [0, 0.05) is 17.7 Å². The van der Waals surface area contributed by atoms with E-state index in [0.717, 1.165) is 29.1 Å². The molecule has 0 bridgehead atoms. The number of primary amides is 1. The highest BCUT2D eigenvalue weighted by Gasteiger charge is 2.02. The summed E-state index contributed by atoms with van der Waals surface area (Å²) in [4.78, 5) is 26.4. The molecule has 0 saturated heterocycles. The third-order valence-electron chi connectivity index (χ3n) is 2.72. The first-order valence-electron chi connectivity index (χ1n) is 6.42. The largest absolute Gasteiger partial charge is 0.366 e. The molecule has 106 valence electrons. The van der Waals surface area contributed by atoms with Crippen LogP contribution in [0.2, 0.25) is 0 Å². The number of nitrogens with two attached hydrogens (primary N) is 1. The van der Waals surface area contributed by atoms with E-state index in [0.29, 0.717) is 0 Å². The lowest BCUT2D eigenvalue weighted by Gasteiger charge is -2.05. The van der Waals surface area contributed by atoms with E-state index in [2.05, 4.69) is 10.3 Å². The maximum Gasteiger partial charge on any atom is 0.244 e. The van der Waals surface area contributed by atoms with Crippen LogP contribution in [0.1, 0.15) is 5.69 Å². The molecule has 5 nitrogen and oxygen atoms in total. The predicted molar refractivity (Wildman–Crippen MR) is 79.9 cm³/mol. The molecule has 1 aromatic heterocycles. The van der Waals surface area contributed by atoms with Crippen molar-refractivity contribution in [2.24, 2.45) is 5.73 Å². The van der Waals surface area contributed by atoms with Crippen LogP contribution in [0.4, 0.5) is 0 Å². The summed E-state index contributed by atoms with van der Waals surface area (Å²) >= 11 is 0. The molecule has 2 amide bonds. The molecule has 5 heteroatoms. The highest BCUT2D eigenvalue weighted by Crippen LogP contribution is 2.16. The molecule has 0 spiro atoms. The summed E-state index contributed by atoms with van der Waals surface area (Å²) in [5, 5.41) is 2.64. The fourth-order valence-electron chi connectivity index (χ4n) is 1.74. The van der Waals surface area contributed by atoms with Crippen LogP contribution in [0.5, 0.6) is 0 Å². The van der Waals surface area contributed by atoms with E-state index in [1.807, 2.05) is 48.5 Å². The van der Waals surface area contributed by atoms with Gasteiger partial charge in [-0.2, -0.15) is 0 Å². The third-order valence-corrected chi connectivity index (χ3v) is 2.72. The number of hydrogen-bond donors (Lipinski definition) is 2. The Morgan fingerprint density at radius 2 is 1.81 bits per heavy atom. The normalized spacial score (nSPS) is 10.5. The maximum atomic E-state index is 11.4. The molecule has 0 aliphatic rings. The number of carbonyl (C=O) groups excluding carboxylic acids is 2. The highest BCUT2D eigenvalue weighted by molar-refractivity contribution is 5.95. The van der Waals surface area contributed by atoms with E-state index in [-0.39, 0.29) is 12.5 Å². The number of nitrogens with zero attached hydrogens (tertiary/aromatic N) is 1. The molecule has 0 fully saturated rings. The molecular weight excluding hydrogens is 266 g/mol. The summed E-state index contributed by atoms with van der Waals surface area (Å²) in [5.74, 6) is -1.05. The number of hydrogen-bond acceptors (Lipinski definition) is 3. The first-order valence-corrected chi connectivity index (χ1v) is 6.42. The van der Waals surface area contributed by atoms with Gasteiger partial charge in [0.05, 0.1) is 17.9 Å². The number of nitrogens with one attached hydrogen (secondary N) is 1. The molecule has 0 radical (unpaired) electrons. The van der Waals surface area contributed by atoms with E-state index >= 15 is 0 Å². The zero-order chi connectivity index (χ0) is 15.1. The second kappa shape index (κ2) is 7.00. The number of aromatic nitrogens is 1. The van der Waals surface area contributed by atoms with Crippen molar-refractivity contribution < 1.29 is 9.59 Å². The van der Waals surface area contributed by atoms with Gasteiger partial charge in [-0.05, 0) is 12.1 Å². The van der Waals surface area contributed by atoms with E-state index < -0.39 is 5.91 Å². The van der Waals surface area contributed by atoms with Gasteiger partial charge in [0.15, 0.2) is 0 Å². The maximum absolute atomic E-state index is 11.4. The Bertz CT molecular complexity index is 666. The number of carbonyl (C=O) groups is 2. The van der Waals surface area contributed by atoms with E-state index in [4.69, 9.17) is 5.73 Å². The molecule has 0 unspecified atom stereocenters. The molecule has 2 rings (SSSR count). The molecule has 3 N–H and O–H groups in total. The van der Waals surface area contributed by atoms with Crippen molar-refractivity contribution in [2.45, 2.75) is 6.54 Å². The lowest BCUT2D eigenvalue weighted by molar-refractivity contribution is -0.117. The topological polar surface area (TPSA) is 85.1 Å². The first kappa shape index (κ1) is 14.5. The van der Waals surface area contributed by atoms with Crippen LogP contribution in [0, 0.1) is 0 Å². The summed E-state index contributed by atoms with van der Waals surface area (Å²) < 4.78 is 0. The summed E-state index contributed by atoms with van der Waals surface area (Å²) in [6.45, 7) is 0.280. The molecule has 1 aromatic carbocycles. The zero-order valence-corrected chi connectivity index (χ0v) is 11.3. The average molecular weight is 281 g/mol. The summed E-state index contributed by atoms with van der Waals surface area (Å²) in [6.07, 6.45) is 2.12. The molecule has 0 aliphatic carbocycles.